The van der Waals surface area contributed by atoms with Gasteiger partial charge in [-0.3, -0.25) is 4.79 Å². The molecule has 3 N–H and O–H groups in total. The number of hydrogen-bond donors (Lipinski definition) is 3. The molecule has 0 aliphatic heterocycles. The monoisotopic (exact) mass is 298 g/mol. The van der Waals surface area contributed by atoms with E-state index in [-0.39, 0.29) is 24.5 Å². The summed E-state index contributed by atoms with van der Waals surface area (Å²) in [7, 11) is 0. The van der Waals surface area contributed by atoms with Crippen LogP contribution in [0.5, 0.6) is 0 Å². The molecule has 1 aromatic carbocycles. The number of amides is 1. The van der Waals surface area contributed by atoms with Gasteiger partial charge in [-0.1, -0.05) is 37.6 Å². The van der Waals surface area contributed by atoms with Crippen molar-refractivity contribution < 1.29 is 9.90 Å². The molecular weight excluding hydrogens is 276 g/mol. The summed E-state index contributed by atoms with van der Waals surface area (Å²) >= 11 is 5.97. The molecule has 5 heteroatoms. The van der Waals surface area contributed by atoms with E-state index in [0.29, 0.717) is 17.3 Å². The van der Waals surface area contributed by atoms with Crippen LogP contribution >= 0.6 is 11.6 Å². The summed E-state index contributed by atoms with van der Waals surface area (Å²) in [6, 6.07) is 7.13. The molecule has 112 valence electrons. The predicted octanol–water partition coefficient (Wildman–Crippen LogP) is 2.67. The van der Waals surface area contributed by atoms with Crippen molar-refractivity contribution in [1.29, 1.82) is 0 Å². The zero-order chi connectivity index (χ0) is 15.0. The second-order valence-corrected chi connectivity index (χ2v) is 5.40. The molecule has 0 heterocycles. The topological polar surface area (TPSA) is 61.4 Å². The average Bonchev–Trinajstić information content (AvgIpc) is 2.47. The van der Waals surface area contributed by atoms with Gasteiger partial charge in [0.2, 0.25) is 5.91 Å². The highest BCUT2D eigenvalue weighted by Gasteiger charge is 2.24. The zero-order valence-corrected chi connectivity index (χ0v) is 12.8. The number of nitrogens with one attached hydrogen (secondary N) is 2. The predicted molar refractivity (Wildman–Crippen MR) is 83.1 cm³/mol. The number of rotatable bonds is 8. The van der Waals surface area contributed by atoms with Crippen LogP contribution in [0.25, 0.3) is 0 Å². The molecule has 4 nitrogen and oxygen atoms in total. The smallest absolute Gasteiger partial charge is 0.238 e. The van der Waals surface area contributed by atoms with Crippen LogP contribution < -0.4 is 10.6 Å². The first-order valence-corrected chi connectivity index (χ1v) is 7.30. The van der Waals surface area contributed by atoms with Crippen LogP contribution in [0.4, 0.5) is 5.69 Å². The highest BCUT2D eigenvalue weighted by Crippen LogP contribution is 2.24. The third-order valence-electron chi connectivity index (χ3n) is 3.77. The van der Waals surface area contributed by atoms with Crippen molar-refractivity contribution in [2.24, 2.45) is 5.41 Å². The summed E-state index contributed by atoms with van der Waals surface area (Å²) in [4.78, 5) is 11.8. The number of benzene rings is 1. The number of halogens is 1. The number of carbonyl (C=O) groups is 1. The van der Waals surface area contributed by atoms with Crippen LogP contribution in [0.1, 0.15) is 26.7 Å². The number of aliphatic hydroxyl groups is 1. The Bertz CT molecular complexity index is 425. The van der Waals surface area contributed by atoms with E-state index in [9.17, 15) is 9.90 Å². The van der Waals surface area contributed by atoms with E-state index in [0.717, 1.165) is 12.8 Å². The SMILES string of the molecule is CCC(CC)(CO)CNCC(=O)Nc1ccccc1Cl. The van der Waals surface area contributed by atoms with Crippen LogP contribution in [-0.4, -0.2) is 30.7 Å². The highest BCUT2D eigenvalue weighted by molar-refractivity contribution is 6.33. The number of carbonyl (C=O) groups excluding carboxylic acids is 1. The molecule has 0 bridgehead atoms. The first-order valence-electron chi connectivity index (χ1n) is 6.93. The Kier molecular flexibility index (Phi) is 6.99. The fourth-order valence-corrected chi connectivity index (χ4v) is 2.16. The normalized spacial score (nSPS) is 11.4. The lowest BCUT2D eigenvalue weighted by atomic mass is 9.83. The summed E-state index contributed by atoms with van der Waals surface area (Å²) in [6.07, 6.45) is 1.75. The third-order valence-corrected chi connectivity index (χ3v) is 4.10. The van der Waals surface area contributed by atoms with Crippen LogP contribution in [0.3, 0.4) is 0 Å². The fourth-order valence-electron chi connectivity index (χ4n) is 1.98. The number of anilines is 1. The summed E-state index contributed by atoms with van der Waals surface area (Å²) < 4.78 is 0. The highest BCUT2D eigenvalue weighted by atomic mass is 35.5. The second-order valence-electron chi connectivity index (χ2n) is 5.00. The largest absolute Gasteiger partial charge is 0.396 e. The molecule has 20 heavy (non-hydrogen) atoms. The van der Waals surface area contributed by atoms with Crippen LogP contribution in [0.2, 0.25) is 5.02 Å². The zero-order valence-electron chi connectivity index (χ0n) is 12.1. The Labute approximate surface area is 125 Å². The quantitative estimate of drug-likeness (QED) is 0.691. The summed E-state index contributed by atoms with van der Waals surface area (Å²) in [5.74, 6) is -0.142. The minimum Gasteiger partial charge on any atom is -0.396 e. The van der Waals surface area contributed by atoms with Crippen LogP contribution in [-0.2, 0) is 4.79 Å². The van der Waals surface area contributed by atoms with Crippen LogP contribution in [0, 0.1) is 5.41 Å². The van der Waals surface area contributed by atoms with Gasteiger partial charge in [-0.2, -0.15) is 0 Å². The Morgan fingerprint density at radius 3 is 2.50 bits per heavy atom. The fraction of sp³-hybridized carbons (Fsp3) is 0.533. The number of aliphatic hydroxyl groups excluding tert-OH is 1. The molecule has 0 unspecified atom stereocenters. The maximum atomic E-state index is 11.8. The molecule has 0 aliphatic rings. The van der Waals surface area contributed by atoms with E-state index < -0.39 is 0 Å². The van der Waals surface area contributed by atoms with Crippen molar-refractivity contribution in [2.75, 3.05) is 25.0 Å². The van der Waals surface area contributed by atoms with Gasteiger partial charge >= 0.3 is 0 Å². The molecule has 1 aromatic rings. The van der Waals surface area contributed by atoms with Gasteiger partial charge in [-0.15, -0.1) is 0 Å². The summed E-state index contributed by atoms with van der Waals surface area (Å²) in [6.45, 7) is 5.04. The molecule has 0 atom stereocenters. The van der Waals surface area contributed by atoms with E-state index in [1.54, 1.807) is 12.1 Å². The number of para-hydroxylation sites is 1. The van der Waals surface area contributed by atoms with Crippen molar-refractivity contribution in [2.45, 2.75) is 26.7 Å². The second kappa shape index (κ2) is 8.25. The maximum absolute atomic E-state index is 11.8. The summed E-state index contributed by atoms with van der Waals surface area (Å²) in [5, 5.41) is 15.8. The average molecular weight is 299 g/mol. The minimum absolute atomic E-state index is 0.124. The standard InChI is InChI=1S/C15H23ClN2O2/c1-3-15(4-2,11-19)10-17-9-14(20)18-13-8-6-5-7-12(13)16/h5-8,17,19H,3-4,9-11H2,1-2H3,(H,18,20). The van der Waals surface area contributed by atoms with E-state index in [1.165, 1.54) is 0 Å². The lowest BCUT2D eigenvalue weighted by Gasteiger charge is -2.29. The van der Waals surface area contributed by atoms with Gasteiger partial charge in [-0.05, 0) is 25.0 Å². The van der Waals surface area contributed by atoms with E-state index in [4.69, 9.17) is 11.6 Å². The Morgan fingerprint density at radius 2 is 1.95 bits per heavy atom. The molecule has 0 saturated carbocycles. The minimum atomic E-state index is -0.148. The van der Waals surface area contributed by atoms with Crippen molar-refractivity contribution in [3.8, 4) is 0 Å². The molecule has 0 fully saturated rings. The Hall–Kier alpha value is -1.10. The first-order chi connectivity index (χ1) is 9.56. The lowest BCUT2D eigenvalue weighted by Crippen LogP contribution is -2.39. The van der Waals surface area contributed by atoms with Crippen molar-refractivity contribution >= 4 is 23.2 Å². The van der Waals surface area contributed by atoms with E-state index >= 15 is 0 Å². The summed E-state index contributed by atoms with van der Waals surface area (Å²) in [5.41, 5.74) is 0.463. The molecule has 0 aromatic heterocycles. The van der Waals surface area contributed by atoms with Crippen molar-refractivity contribution in [3.05, 3.63) is 29.3 Å². The molecule has 0 aliphatic carbocycles. The first kappa shape index (κ1) is 17.0. The molecule has 1 amide bonds. The Morgan fingerprint density at radius 1 is 1.30 bits per heavy atom. The van der Waals surface area contributed by atoms with Gasteiger partial charge < -0.3 is 15.7 Å². The van der Waals surface area contributed by atoms with Gasteiger partial charge in [0.15, 0.2) is 0 Å². The molecular formula is C15H23ClN2O2. The van der Waals surface area contributed by atoms with E-state index in [2.05, 4.69) is 10.6 Å². The van der Waals surface area contributed by atoms with E-state index in [1.807, 2.05) is 26.0 Å². The molecule has 0 radical (unpaired) electrons. The van der Waals surface area contributed by atoms with Gasteiger partial charge in [-0.25, -0.2) is 0 Å². The Balaban J connectivity index is 2.43. The maximum Gasteiger partial charge on any atom is 0.238 e. The van der Waals surface area contributed by atoms with Gasteiger partial charge in [0, 0.05) is 18.6 Å². The number of hydrogen-bond acceptors (Lipinski definition) is 3. The molecule has 0 spiro atoms. The molecule has 1 rings (SSSR count). The van der Waals surface area contributed by atoms with Crippen molar-refractivity contribution in [1.82, 2.24) is 5.32 Å². The van der Waals surface area contributed by atoms with Crippen LogP contribution in [0.15, 0.2) is 24.3 Å². The third kappa shape index (κ3) is 4.78. The van der Waals surface area contributed by atoms with Gasteiger partial charge in [0.1, 0.15) is 0 Å². The molecule has 0 saturated heterocycles. The van der Waals surface area contributed by atoms with Crippen molar-refractivity contribution in [3.63, 3.8) is 0 Å². The van der Waals surface area contributed by atoms with Gasteiger partial charge in [0.05, 0.1) is 17.3 Å². The van der Waals surface area contributed by atoms with Gasteiger partial charge in [0.25, 0.3) is 0 Å². The lowest BCUT2D eigenvalue weighted by molar-refractivity contribution is -0.115.